The fraction of sp³-hybridized carbons (Fsp3) is 0.391. The van der Waals surface area contributed by atoms with E-state index in [4.69, 9.17) is 43.4 Å². The zero-order chi connectivity index (χ0) is 25.0. The van der Waals surface area contributed by atoms with Gasteiger partial charge in [-0.25, -0.2) is 8.42 Å². The molecule has 1 aliphatic rings. The second-order valence-electron chi connectivity index (χ2n) is 7.89. The SMILES string of the molecule is CCC(CS(=O)(=O)Cl)N1C(=O)[C@H](CC(=O)OC)O[C@H](c2cccc(Cl)c2)C1c1ccc(Cl)cc1. The standard InChI is InChI=1S/C23H24Cl3NO6S/c1-3-18(13-34(26,30)31)27-21(14-7-9-16(24)10-8-14)22(15-5-4-6-17(25)11-15)33-19(23(27)29)12-20(28)32-2/h4-11,18-19,21-22H,3,12-13H2,1-2H3/t18?,19-,21?,22+/m0/s1. The summed E-state index contributed by atoms with van der Waals surface area (Å²) in [6, 6.07) is 12.3. The summed E-state index contributed by atoms with van der Waals surface area (Å²) in [5.41, 5.74) is 1.33. The Morgan fingerprint density at radius 1 is 1.12 bits per heavy atom. The molecule has 0 aliphatic carbocycles. The van der Waals surface area contributed by atoms with Gasteiger partial charge >= 0.3 is 5.97 Å². The number of morpholine rings is 1. The molecule has 2 aromatic carbocycles. The summed E-state index contributed by atoms with van der Waals surface area (Å²) >= 11 is 12.3. The molecule has 1 saturated heterocycles. The molecule has 1 heterocycles. The first-order valence-corrected chi connectivity index (χ1v) is 13.7. The van der Waals surface area contributed by atoms with Crippen LogP contribution < -0.4 is 0 Å². The smallest absolute Gasteiger partial charge is 0.308 e. The Hall–Kier alpha value is -1.84. The number of carbonyl (C=O) groups is 2. The lowest BCUT2D eigenvalue weighted by atomic mass is 9.89. The highest BCUT2D eigenvalue weighted by Crippen LogP contribution is 2.44. The van der Waals surface area contributed by atoms with Gasteiger partial charge < -0.3 is 14.4 Å². The number of benzene rings is 2. The minimum absolute atomic E-state index is 0.301. The lowest BCUT2D eigenvalue weighted by molar-refractivity contribution is -0.183. The highest BCUT2D eigenvalue weighted by Gasteiger charge is 2.47. The van der Waals surface area contributed by atoms with E-state index in [1.54, 1.807) is 55.5 Å². The van der Waals surface area contributed by atoms with Crippen LogP contribution in [0.2, 0.25) is 10.0 Å². The lowest BCUT2D eigenvalue weighted by Gasteiger charge is -2.47. The number of halogens is 3. The molecule has 184 valence electrons. The molecule has 0 radical (unpaired) electrons. The molecule has 3 rings (SSSR count). The van der Waals surface area contributed by atoms with Crippen LogP contribution in [0.4, 0.5) is 0 Å². The summed E-state index contributed by atoms with van der Waals surface area (Å²) in [5.74, 6) is -1.63. The first-order chi connectivity index (χ1) is 16.0. The van der Waals surface area contributed by atoms with Gasteiger partial charge in [-0.3, -0.25) is 9.59 Å². The Morgan fingerprint density at radius 3 is 2.35 bits per heavy atom. The minimum Gasteiger partial charge on any atom is -0.469 e. The molecule has 4 atom stereocenters. The quantitative estimate of drug-likeness (QED) is 0.344. The first-order valence-electron chi connectivity index (χ1n) is 10.5. The maximum Gasteiger partial charge on any atom is 0.308 e. The van der Waals surface area contributed by atoms with Crippen molar-refractivity contribution in [3.05, 3.63) is 69.7 Å². The number of hydrogen-bond acceptors (Lipinski definition) is 6. The van der Waals surface area contributed by atoms with Gasteiger partial charge in [0, 0.05) is 26.8 Å². The molecule has 34 heavy (non-hydrogen) atoms. The number of amides is 1. The van der Waals surface area contributed by atoms with Gasteiger partial charge in [0.1, 0.15) is 12.2 Å². The molecular formula is C23H24Cl3NO6S. The fourth-order valence-corrected chi connectivity index (χ4v) is 5.72. The summed E-state index contributed by atoms with van der Waals surface area (Å²) in [4.78, 5) is 27.2. The van der Waals surface area contributed by atoms with Gasteiger partial charge in [-0.2, -0.15) is 0 Å². The molecule has 1 amide bonds. The molecule has 1 fully saturated rings. The second-order valence-corrected chi connectivity index (χ2v) is 11.6. The van der Waals surface area contributed by atoms with Crippen molar-refractivity contribution >= 4 is 54.8 Å². The molecule has 0 N–H and O–H groups in total. The Labute approximate surface area is 213 Å². The van der Waals surface area contributed by atoms with Gasteiger partial charge in [-0.15, -0.1) is 0 Å². The van der Waals surface area contributed by atoms with Gasteiger partial charge in [0.25, 0.3) is 5.91 Å². The highest BCUT2D eigenvalue weighted by molar-refractivity contribution is 8.13. The zero-order valence-corrected chi connectivity index (χ0v) is 21.6. The molecular weight excluding hydrogens is 525 g/mol. The third-order valence-electron chi connectivity index (χ3n) is 5.65. The summed E-state index contributed by atoms with van der Waals surface area (Å²) in [6.07, 6.45) is -1.98. The largest absolute Gasteiger partial charge is 0.469 e. The maximum absolute atomic E-state index is 13.7. The molecule has 2 unspecified atom stereocenters. The average Bonchev–Trinajstić information content (AvgIpc) is 2.78. The van der Waals surface area contributed by atoms with Crippen LogP contribution in [-0.2, 0) is 28.1 Å². The molecule has 1 aliphatic heterocycles. The Morgan fingerprint density at radius 2 is 1.79 bits per heavy atom. The van der Waals surface area contributed by atoms with E-state index in [-0.39, 0.29) is 6.42 Å². The Kier molecular flexibility index (Phi) is 8.87. The van der Waals surface area contributed by atoms with Gasteiger partial charge in [0.2, 0.25) is 9.05 Å². The highest BCUT2D eigenvalue weighted by atomic mass is 35.7. The fourth-order valence-electron chi connectivity index (χ4n) is 4.10. The normalized spacial score (nSPS) is 21.9. The van der Waals surface area contributed by atoms with Crippen molar-refractivity contribution in [1.82, 2.24) is 4.90 Å². The van der Waals surface area contributed by atoms with E-state index < -0.39 is 51.0 Å². The summed E-state index contributed by atoms with van der Waals surface area (Å²) in [7, 11) is 2.86. The van der Waals surface area contributed by atoms with Crippen molar-refractivity contribution in [2.45, 2.75) is 44.1 Å². The van der Waals surface area contributed by atoms with E-state index >= 15 is 0 Å². The number of ether oxygens (including phenoxy) is 2. The number of rotatable bonds is 8. The van der Waals surface area contributed by atoms with Crippen LogP contribution in [0.5, 0.6) is 0 Å². The van der Waals surface area contributed by atoms with Crippen LogP contribution >= 0.6 is 33.9 Å². The van der Waals surface area contributed by atoms with Crippen molar-refractivity contribution in [3.63, 3.8) is 0 Å². The molecule has 11 heteroatoms. The van der Waals surface area contributed by atoms with E-state index in [9.17, 15) is 18.0 Å². The van der Waals surface area contributed by atoms with Crippen LogP contribution in [0.25, 0.3) is 0 Å². The van der Waals surface area contributed by atoms with Crippen molar-refractivity contribution in [3.8, 4) is 0 Å². The van der Waals surface area contributed by atoms with Gasteiger partial charge in [0.05, 0.1) is 25.3 Å². The van der Waals surface area contributed by atoms with E-state index in [0.717, 1.165) is 0 Å². The van der Waals surface area contributed by atoms with Crippen LogP contribution in [0, 0.1) is 0 Å². The summed E-state index contributed by atoms with van der Waals surface area (Å²) < 4.78 is 35.0. The van der Waals surface area contributed by atoms with Crippen LogP contribution in [-0.4, -0.2) is 50.2 Å². The van der Waals surface area contributed by atoms with E-state index in [1.807, 2.05) is 0 Å². The Balaban J connectivity index is 2.20. The van der Waals surface area contributed by atoms with Crippen molar-refractivity contribution in [1.29, 1.82) is 0 Å². The molecule has 0 saturated carbocycles. The van der Waals surface area contributed by atoms with Crippen LogP contribution in [0.3, 0.4) is 0 Å². The predicted molar refractivity (Wildman–Crippen MR) is 130 cm³/mol. The van der Waals surface area contributed by atoms with Crippen molar-refractivity contribution < 1.29 is 27.5 Å². The minimum atomic E-state index is -3.95. The first kappa shape index (κ1) is 26.8. The number of hydrogen-bond donors (Lipinski definition) is 0. The number of methoxy groups -OCH3 is 1. The van der Waals surface area contributed by atoms with Crippen LogP contribution in [0.1, 0.15) is 43.0 Å². The zero-order valence-electron chi connectivity index (χ0n) is 18.5. The average molecular weight is 549 g/mol. The molecule has 0 spiro atoms. The van der Waals surface area contributed by atoms with Crippen molar-refractivity contribution in [2.24, 2.45) is 0 Å². The predicted octanol–water partition coefficient (Wildman–Crippen LogP) is 4.91. The van der Waals surface area contributed by atoms with Gasteiger partial charge in [-0.05, 0) is 41.8 Å². The number of carbonyl (C=O) groups excluding carboxylic acids is 2. The molecule has 0 bridgehead atoms. The van der Waals surface area contributed by atoms with E-state index in [2.05, 4.69) is 0 Å². The second kappa shape index (κ2) is 11.3. The summed E-state index contributed by atoms with van der Waals surface area (Å²) in [5, 5.41) is 0.955. The topological polar surface area (TPSA) is 90.0 Å². The number of esters is 1. The Bertz CT molecular complexity index is 1140. The van der Waals surface area contributed by atoms with E-state index in [0.29, 0.717) is 27.6 Å². The van der Waals surface area contributed by atoms with Gasteiger partial charge in [0.15, 0.2) is 0 Å². The van der Waals surface area contributed by atoms with Gasteiger partial charge in [-0.1, -0.05) is 54.4 Å². The van der Waals surface area contributed by atoms with Crippen LogP contribution in [0.15, 0.2) is 48.5 Å². The monoisotopic (exact) mass is 547 g/mol. The third kappa shape index (κ3) is 6.43. The molecule has 7 nitrogen and oxygen atoms in total. The third-order valence-corrected chi connectivity index (χ3v) is 7.30. The molecule has 2 aromatic rings. The molecule has 0 aromatic heterocycles. The summed E-state index contributed by atoms with van der Waals surface area (Å²) in [6.45, 7) is 1.76. The lowest BCUT2D eigenvalue weighted by Crippen LogP contribution is -2.56. The van der Waals surface area contributed by atoms with E-state index in [1.165, 1.54) is 12.0 Å². The van der Waals surface area contributed by atoms with Crippen molar-refractivity contribution in [2.75, 3.05) is 12.9 Å². The number of nitrogens with zero attached hydrogens (tertiary/aromatic N) is 1. The maximum atomic E-state index is 13.7.